The number of nitrogens with zero attached hydrogens (tertiary/aromatic N) is 3. The molecular weight excluding hydrogens is 386 g/mol. The number of hydrogen-bond acceptors (Lipinski definition) is 3. The lowest BCUT2D eigenvalue weighted by atomic mass is 9.68. The fraction of sp³-hybridized carbons (Fsp3) is 0.615. The van der Waals surface area contributed by atoms with E-state index in [0.29, 0.717) is 37.4 Å². The predicted octanol–water partition coefficient (Wildman–Crippen LogP) is 3.45. The Kier molecular flexibility index (Phi) is 4.90. The Morgan fingerprint density at radius 2 is 2.00 bits per heavy atom. The van der Waals surface area contributed by atoms with E-state index in [1.165, 1.54) is 37.8 Å². The fourth-order valence-electron chi connectivity index (χ4n) is 7.12. The minimum Gasteiger partial charge on any atom is -0.336 e. The van der Waals surface area contributed by atoms with Crippen molar-refractivity contribution in [3.05, 3.63) is 47.0 Å². The summed E-state index contributed by atoms with van der Waals surface area (Å²) in [5.41, 5.74) is 3.42. The molecule has 1 aliphatic carbocycles. The van der Waals surface area contributed by atoms with Crippen molar-refractivity contribution >= 4 is 11.8 Å². The molecule has 5 heteroatoms. The molecule has 3 saturated heterocycles. The molecule has 5 aliphatic rings. The number of likely N-dealkylation sites (tertiary alicyclic amines) is 1. The molecule has 6 rings (SSSR count). The van der Waals surface area contributed by atoms with Crippen molar-refractivity contribution in [1.82, 2.24) is 14.7 Å². The van der Waals surface area contributed by atoms with E-state index in [0.717, 1.165) is 43.1 Å². The van der Waals surface area contributed by atoms with Gasteiger partial charge in [-0.15, -0.1) is 0 Å². The third-order valence-corrected chi connectivity index (χ3v) is 8.47. The van der Waals surface area contributed by atoms with Crippen LogP contribution < -0.4 is 0 Å². The van der Waals surface area contributed by atoms with E-state index in [2.05, 4.69) is 15.9 Å². The second-order valence-electron chi connectivity index (χ2n) is 10.2. The van der Waals surface area contributed by atoms with Crippen LogP contribution in [0, 0.1) is 11.8 Å². The molecule has 31 heavy (non-hydrogen) atoms. The molecule has 4 heterocycles. The fourth-order valence-corrected chi connectivity index (χ4v) is 7.12. The van der Waals surface area contributed by atoms with Gasteiger partial charge in [-0.1, -0.05) is 36.3 Å². The van der Waals surface area contributed by atoms with Crippen molar-refractivity contribution in [2.75, 3.05) is 26.2 Å². The summed E-state index contributed by atoms with van der Waals surface area (Å²) >= 11 is 0. The topological polar surface area (TPSA) is 43.9 Å². The Morgan fingerprint density at radius 3 is 2.90 bits per heavy atom. The molecule has 0 spiro atoms. The summed E-state index contributed by atoms with van der Waals surface area (Å²) in [7, 11) is 0. The van der Waals surface area contributed by atoms with Gasteiger partial charge in [0, 0.05) is 44.2 Å². The largest absolute Gasteiger partial charge is 0.336 e. The molecular formula is C26H33N3O2. The summed E-state index contributed by atoms with van der Waals surface area (Å²) in [4.78, 5) is 32.8. The molecule has 0 radical (unpaired) electrons. The maximum Gasteiger partial charge on any atom is 0.254 e. The Balaban J connectivity index is 1.15. The second kappa shape index (κ2) is 7.77. The van der Waals surface area contributed by atoms with Crippen molar-refractivity contribution in [1.29, 1.82) is 0 Å². The third-order valence-electron chi connectivity index (χ3n) is 8.47. The highest BCUT2D eigenvalue weighted by molar-refractivity contribution is 5.98. The Morgan fingerprint density at radius 1 is 1.10 bits per heavy atom. The number of rotatable bonds is 3. The molecule has 3 fully saturated rings. The Labute approximate surface area is 185 Å². The molecule has 5 nitrogen and oxygen atoms in total. The van der Waals surface area contributed by atoms with E-state index in [4.69, 9.17) is 0 Å². The third kappa shape index (κ3) is 3.32. The van der Waals surface area contributed by atoms with Crippen molar-refractivity contribution < 1.29 is 9.59 Å². The van der Waals surface area contributed by atoms with E-state index >= 15 is 0 Å². The number of carbonyl (C=O) groups excluding carboxylic acids is 2. The number of amides is 2. The van der Waals surface area contributed by atoms with Crippen molar-refractivity contribution in [3.63, 3.8) is 0 Å². The Hall–Kier alpha value is -2.14. The van der Waals surface area contributed by atoms with Crippen LogP contribution in [-0.4, -0.2) is 64.8 Å². The average Bonchev–Trinajstić information content (AvgIpc) is 3.13. The van der Waals surface area contributed by atoms with Crippen LogP contribution in [0.15, 0.2) is 35.9 Å². The predicted molar refractivity (Wildman–Crippen MR) is 119 cm³/mol. The van der Waals surface area contributed by atoms with E-state index in [1.54, 1.807) is 0 Å². The minimum absolute atomic E-state index is 0.0755. The summed E-state index contributed by atoms with van der Waals surface area (Å²) in [5, 5.41) is 0. The van der Waals surface area contributed by atoms with Gasteiger partial charge in [-0.2, -0.15) is 0 Å². The smallest absolute Gasteiger partial charge is 0.254 e. The quantitative estimate of drug-likeness (QED) is 0.705. The van der Waals surface area contributed by atoms with Gasteiger partial charge in [0.1, 0.15) is 0 Å². The van der Waals surface area contributed by atoms with Gasteiger partial charge < -0.3 is 9.80 Å². The zero-order valence-electron chi connectivity index (χ0n) is 18.3. The molecule has 0 unspecified atom stereocenters. The van der Waals surface area contributed by atoms with Gasteiger partial charge in [-0.05, 0) is 62.1 Å². The lowest BCUT2D eigenvalue weighted by molar-refractivity contribution is -0.136. The summed E-state index contributed by atoms with van der Waals surface area (Å²) in [6.45, 7) is 4.43. The molecule has 0 N–H and O–H groups in total. The molecule has 2 bridgehead atoms. The number of carbonyl (C=O) groups is 2. The monoisotopic (exact) mass is 419 g/mol. The second-order valence-corrected chi connectivity index (χ2v) is 10.2. The first kappa shape index (κ1) is 19.5. The normalized spacial score (nSPS) is 32.3. The maximum atomic E-state index is 13.4. The zero-order valence-corrected chi connectivity index (χ0v) is 18.3. The van der Waals surface area contributed by atoms with Crippen molar-refractivity contribution in [2.24, 2.45) is 11.8 Å². The van der Waals surface area contributed by atoms with Crippen LogP contribution in [0.25, 0.3) is 0 Å². The van der Waals surface area contributed by atoms with Crippen molar-refractivity contribution in [3.8, 4) is 0 Å². The first-order chi connectivity index (χ1) is 15.2. The van der Waals surface area contributed by atoms with Crippen LogP contribution in [0.3, 0.4) is 0 Å². The number of hydrogen-bond donors (Lipinski definition) is 0. The highest BCUT2D eigenvalue weighted by atomic mass is 16.2. The SMILES string of the molecule is O=C1c2ccccc2CN1CCC(=O)N1CCCC2=C[C@@H]3C[C@@H](CN4CCCC[C@@H]34)[C@@H]21. The maximum absolute atomic E-state index is 13.4. The molecule has 4 atom stereocenters. The summed E-state index contributed by atoms with van der Waals surface area (Å²) in [6, 6.07) is 8.86. The lowest BCUT2D eigenvalue weighted by Crippen LogP contribution is -2.60. The highest BCUT2D eigenvalue weighted by Crippen LogP contribution is 2.45. The van der Waals surface area contributed by atoms with E-state index in [9.17, 15) is 9.59 Å². The summed E-state index contributed by atoms with van der Waals surface area (Å²) in [6.07, 6.45) is 10.5. The number of benzene rings is 1. The van der Waals surface area contributed by atoms with Gasteiger partial charge in [0.25, 0.3) is 5.91 Å². The van der Waals surface area contributed by atoms with Crippen LogP contribution >= 0.6 is 0 Å². The van der Waals surface area contributed by atoms with E-state index < -0.39 is 0 Å². The van der Waals surface area contributed by atoms with Gasteiger partial charge in [-0.25, -0.2) is 0 Å². The first-order valence-electron chi connectivity index (χ1n) is 12.3. The van der Waals surface area contributed by atoms with Crippen LogP contribution in [0.5, 0.6) is 0 Å². The molecule has 2 amide bonds. The van der Waals surface area contributed by atoms with Crippen LogP contribution in [0.1, 0.15) is 60.9 Å². The highest BCUT2D eigenvalue weighted by Gasteiger charge is 2.46. The van der Waals surface area contributed by atoms with Crippen LogP contribution in [-0.2, 0) is 11.3 Å². The number of piperidine rings is 3. The standard InChI is InChI=1S/C26H33N3O2/c30-24(10-13-28-16-19-6-1-2-8-22(19)26(28)31)29-12-5-7-18-14-20-15-21(25(18)29)17-27-11-4-3-9-23(20)27/h1-2,6,8,14,20-21,23,25H,3-5,7,9-13,15-17H2/t20-,21+,23+,25-/m1/s1. The summed E-state index contributed by atoms with van der Waals surface area (Å²) in [5.74, 6) is 1.59. The molecule has 1 aromatic rings. The zero-order chi connectivity index (χ0) is 20.9. The van der Waals surface area contributed by atoms with Gasteiger partial charge in [0.05, 0.1) is 6.04 Å². The van der Waals surface area contributed by atoms with Crippen molar-refractivity contribution in [2.45, 2.75) is 63.6 Å². The van der Waals surface area contributed by atoms with Crippen LogP contribution in [0.4, 0.5) is 0 Å². The number of fused-ring (bicyclic) bond motifs is 7. The molecule has 0 aromatic heterocycles. The van der Waals surface area contributed by atoms with Gasteiger partial charge in [0.2, 0.25) is 5.91 Å². The van der Waals surface area contributed by atoms with Gasteiger partial charge in [-0.3, -0.25) is 14.5 Å². The van der Waals surface area contributed by atoms with Gasteiger partial charge in [0.15, 0.2) is 0 Å². The Bertz CT molecular complexity index is 925. The molecule has 164 valence electrons. The average molecular weight is 420 g/mol. The lowest BCUT2D eigenvalue weighted by Gasteiger charge is -2.54. The van der Waals surface area contributed by atoms with E-state index in [1.807, 2.05) is 29.2 Å². The minimum atomic E-state index is 0.0755. The molecule has 1 aromatic carbocycles. The van der Waals surface area contributed by atoms with Gasteiger partial charge >= 0.3 is 0 Å². The molecule has 4 aliphatic heterocycles. The molecule has 0 saturated carbocycles. The van der Waals surface area contributed by atoms with E-state index in [-0.39, 0.29) is 11.8 Å². The summed E-state index contributed by atoms with van der Waals surface area (Å²) < 4.78 is 0. The first-order valence-corrected chi connectivity index (χ1v) is 12.3. The van der Waals surface area contributed by atoms with Crippen LogP contribution in [0.2, 0.25) is 0 Å².